The fourth-order valence-corrected chi connectivity index (χ4v) is 1.84. The van der Waals surface area contributed by atoms with Crippen LogP contribution in [0.5, 0.6) is 5.75 Å². The highest BCUT2D eigenvalue weighted by Crippen LogP contribution is 2.10. The van der Waals surface area contributed by atoms with Gasteiger partial charge in [0, 0.05) is 12.7 Å². The molecule has 3 N–H and O–H groups in total. The van der Waals surface area contributed by atoms with Gasteiger partial charge in [0.15, 0.2) is 0 Å². The molecule has 0 radical (unpaired) electrons. The topological polar surface area (TPSA) is 91.3 Å². The molecule has 1 heterocycles. The molecule has 2 amide bonds. The molecule has 0 aliphatic heterocycles. The summed E-state index contributed by atoms with van der Waals surface area (Å²) in [7, 11) is 0. The van der Waals surface area contributed by atoms with Crippen molar-refractivity contribution in [1.29, 1.82) is 0 Å². The molecule has 0 aliphatic rings. The number of carbonyl (C=O) groups is 2. The smallest absolute Gasteiger partial charge is 0.314 e. The summed E-state index contributed by atoms with van der Waals surface area (Å²) in [5.41, 5.74) is 1.74. The molecular weight excluding hydrogens is 282 g/mol. The number of nitrogens with zero attached hydrogens (tertiary/aromatic N) is 1. The number of phenols is 1. The number of aromatic nitrogens is 1. The van der Waals surface area contributed by atoms with Crippen LogP contribution in [0.1, 0.15) is 11.1 Å². The highest BCUT2D eigenvalue weighted by molar-refractivity contribution is 6.39. The van der Waals surface area contributed by atoms with E-state index in [1.54, 1.807) is 49.5 Å². The standard InChI is InChI=1S/C16H17N3O3/c1-11-3-2-9-17-14(11)19-16(22)15(21)18-10-8-12-4-6-13(20)7-5-12/h2-7,9,20H,8,10H2,1H3,(H,18,21)(H,17,19,22). The second kappa shape index (κ2) is 7.21. The van der Waals surface area contributed by atoms with Crippen molar-refractivity contribution in [2.45, 2.75) is 13.3 Å². The minimum absolute atomic E-state index is 0.192. The number of phenolic OH excluding ortho intramolecular Hbond substituents is 1. The first-order chi connectivity index (χ1) is 10.6. The minimum Gasteiger partial charge on any atom is -0.508 e. The molecule has 0 saturated carbocycles. The van der Waals surface area contributed by atoms with Crippen molar-refractivity contribution in [3.63, 3.8) is 0 Å². The Morgan fingerprint density at radius 2 is 1.86 bits per heavy atom. The average Bonchev–Trinajstić information content (AvgIpc) is 2.51. The van der Waals surface area contributed by atoms with Gasteiger partial charge >= 0.3 is 11.8 Å². The highest BCUT2D eigenvalue weighted by atomic mass is 16.3. The van der Waals surface area contributed by atoms with Gasteiger partial charge in [-0.1, -0.05) is 18.2 Å². The number of rotatable bonds is 4. The van der Waals surface area contributed by atoms with Crippen molar-refractivity contribution in [2.24, 2.45) is 0 Å². The second-order valence-corrected chi connectivity index (χ2v) is 4.80. The fourth-order valence-electron chi connectivity index (χ4n) is 1.84. The lowest BCUT2D eigenvalue weighted by molar-refractivity contribution is -0.136. The number of hydrogen-bond donors (Lipinski definition) is 3. The molecule has 0 aliphatic carbocycles. The normalized spacial score (nSPS) is 10.0. The Hall–Kier alpha value is -2.89. The summed E-state index contributed by atoms with van der Waals surface area (Å²) in [6.07, 6.45) is 2.12. The van der Waals surface area contributed by atoms with E-state index < -0.39 is 11.8 Å². The summed E-state index contributed by atoms with van der Waals surface area (Å²) < 4.78 is 0. The van der Waals surface area contributed by atoms with Crippen molar-refractivity contribution in [3.8, 4) is 5.75 Å². The average molecular weight is 299 g/mol. The Kier molecular flexibility index (Phi) is 5.08. The maximum absolute atomic E-state index is 11.8. The number of aromatic hydroxyl groups is 1. The maximum Gasteiger partial charge on any atom is 0.314 e. The van der Waals surface area contributed by atoms with Crippen LogP contribution >= 0.6 is 0 Å². The van der Waals surface area contributed by atoms with E-state index in [9.17, 15) is 14.7 Å². The summed E-state index contributed by atoms with van der Waals surface area (Å²) >= 11 is 0. The molecular formula is C16H17N3O3. The quantitative estimate of drug-likeness (QED) is 0.744. The molecule has 1 aromatic carbocycles. The summed E-state index contributed by atoms with van der Waals surface area (Å²) in [5.74, 6) is -0.879. The van der Waals surface area contributed by atoms with Crippen LogP contribution in [0.4, 0.5) is 5.82 Å². The summed E-state index contributed by atoms with van der Waals surface area (Å²) in [6, 6.07) is 10.2. The molecule has 0 fully saturated rings. The van der Waals surface area contributed by atoms with E-state index in [1.807, 2.05) is 0 Å². The molecule has 6 heteroatoms. The van der Waals surface area contributed by atoms with Crippen molar-refractivity contribution in [1.82, 2.24) is 10.3 Å². The van der Waals surface area contributed by atoms with Crippen LogP contribution in [0, 0.1) is 6.92 Å². The molecule has 0 unspecified atom stereocenters. The Morgan fingerprint density at radius 3 is 2.55 bits per heavy atom. The van der Waals surface area contributed by atoms with Gasteiger partial charge in [0.1, 0.15) is 11.6 Å². The lowest BCUT2D eigenvalue weighted by Crippen LogP contribution is -2.36. The highest BCUT2D eigenvalue weighted by Gasteiger charge is 2.14. The van der Waals surface area contributed by atoms with Crippen molar-refractivity contribution >= 4 is 17.6 Å². The van der Waals surface area contributed by atoms with E-state index in [4.69, 9.17) is 0 Å². The number of benzene rings is 1. The van der Waals surface area contributed by atoms with E-state index >= 15 is 0 Å². The van der Waals surface area contributed by atoms with Crippen LogP contribution in [0.3, 0.4) is 0 Å². The van der Waals surface area contributed by atoms with Crippen LogP contribution in [0.2, 0.25) is 0 Å². The largest absolute Gasteiger partial charge is 0.508 e. The van der Waals surface area contributed by atoms with Crippen molar-refractivity contribution in [2.75, 3.05) is 11.9 Å². The maximum atomic E-state index is 11.8. The first-order valence-corrected chi connectivity index (χ1v) is 6.85. The number of anilines is 1. The van der Waals surface area contributed by atoms with Gasteiger partial charge in [-0.05, 0) is 42.7 Å². The molecule has 2 rings (SSSR count). The molecule has 0 saturated heterocycles. The predicted octanol–water partition coefficient (Wildman–Crippen LogP) is 1.39. The van der Waals surface area contributed by atoms with Crippen LogP contribution in [-0.4, -0.2) is 28.4 Å². The Balaban J connectivity index is 1.80. The van der Waals surface area contributed by atoms with Gasteiger partial charge in [-0.25, -0.2) is 4.98 Å². The van der Waals surface area contributed by atoms with E-state index in [-0.39, 0.29) is 5.75 Å². The first-order valence-electron chi connectivity index (χ1n) is 6.85. The molecule has 1 aromatic heterocycles. The van der Waals surface area contributed by atoms with Gasteiger partial charge in [0.05, 0.1) is 0 Å². The SMILES string of the molecule is Cc1cccnc1NC(=O)C(=O)NCCc1ccc(O)cc1. The molecule has 0 bridgehead atoms. The molecule has 6 nitrogen and oxygen atoms in total. The van der Waals surface area contributed by atoms with E-state index in [2.05, 4.69) is 15.6 Å². The van der Waals surface area contributed by atoms with Gasteiger partial charge in [-0.3, -0.25) is 9.59 Å². The van der Waals surface area contributed by atoms with Gasteiger partial charge in [0.2, 0.25) is 0 Å². The number of amides is 2. The minimum atomic E-state index is -0.743. The molecule has 114 valence electrons. The number of carbonyl (C=O) groups excluding carboxylic acids is 2. The first kappa shape index (κ1) is 15.5. The Labute approximate surface area is 128 Å². The van der Waals surface area contributed by atoms with Crippen LogP contribution in [0.25, 0.3) is 0 Å². The third-order valence-corrected chi connectivity index (χ3v) is 3.08. The van der Waals surface area contributed by atoms with Gasteiger partial charge in [-0.15, -0.1) is 0 Å². The summed E-state index contributed by atoms with van der Waals surface area (Å²) in [6.45, 7) is 2.13. The van der Waals surface area contributed by atoms with Gasteiger partial charge < -0.3 is 15.7 Å². The number of aryl methyl sites for hydroxylation is 1. The predicted molar refractivity (Wildman–Crippen MR) is 82.4 cm³/mol. The lowest BCUT2D eigenvalue weighted by atomic mass is 10.1. The number of nitrogens with one attached hydrogen (secondary N) is 2. The Morgan fingerprint density at radius 1 is 1.14 bits per heavy atom. The zero-order valence-electron chi connectivity index (χ0n) is 12.2. The van der Waals surface area contributed by atoms with Gasteiger partial charge in [-0.2, -0.15) is 0 Å². The van der Waals surface area contributed by atoms with Crippen molar-refractivity contribution in [3.05, 3.63) is 53.7 Å². The lowest BCUT2D eigenvalue weighted by Gasteiger charge is -2.07. The van der Waals surface area contributed by atoms with E-state index in [0.29, 0.717) is 18.8 Å². The molecule has 0 atom stereocenters. The Bertz CT molecular complexity index is 669. The second-order valence-electron chi connectivity index (χ2n) is 4.80. The number of pyridine rings is 1. The third kappa shape index (κ3) is 4.31. The van der Waals surface area contributed by atoms with E-state index in [0.717, 1.165) is 11.1 Å². The van der Waals surface area contributed by atoms with Crippen LogP contribution < -0.4 is 10.6 Å². The molecule has 2 aromatic rings. The molecule has 0 spiro atoms. The zero-order valence-corrected chi connectivity index (χ0v) is 12.2. The van der Waals surface area contributed by atoms with Gasteiger partial charge in [0.25, 0.3) is 0 Å². The van der Waals surface area contributed by atoms with Crippen LogP contribution in [0.15, 0.2) is 42.6 Å². The van der Waals surface area contributed by atoms with Crippen LogP contribution in [-0.2, 0) is 16.0 Å². The molecule has 22 heavy (non-hydrogen) atoms. The summed E-state index contributed by atoms with van der Waals surface area (Å²) in [4.78, 5) is 27.5. The summed E-state index contributed by atoms with van der Waals surface area (Å²) in [5, 5.41) is 14.2. The monoisotopic (exact) mass is 299 g/mol. The third-order valence-electron chi connectivity index (χ3n) is 3.08. The fraction of sp³-hybridized carbons (Fsp3) is 0.188. The van der Waals surface area contributed by atoms with Crippen molar-refractivity contribution < 1.29 is 14.7 Å². The number of hydrogen-bond acceptors (Lipinski definition) is 4. The van der Waals surface area contributed by atoms with E-state index in [1.165, 1.54) is 0 Å². The zero-order chi connectivity index (χ0) is 15.9.